The molecule has 0 spiro atoms. The molecule has 170 valence electrons. The van der Waals surface area contributed by atoms with Crippen LogP contribution in [0.25, 0.3) is 0 Å². The van der Waals surface area contributed by atoms with Crippen LogP contribution in [0.15, 0.2) is 42.9 Å². The second kappa shape index (κ2) is 9.32. The van der Waals surface area contributed by atoms with Crippen LogP contribution in [0.4, 0.5) is 0 Å². The molecule has 2 amide bonds. The van der Waals surface area contributed by atoms with Gasteiger partial charge in [0.25, 0.3) is 5.91 Å². The van der Waals surface area contributed by atoms with E-state index in [1.54, 1.807) is 4.90 Å². The van der Waals surface area contributed by atoms with Gasteiger partial charge in [-0.2, -0.15) is 0 Å². The van der Waals surface area contributed by atoms with Crippen molar-refractivity contribution in [1.82, 2.24) is 19.8 Å². The maximum Gasteiger partial charge on any atom is 0.274 e. The van der Waals surface area contributed by atoms with Gasteiger partial charge in [0.15, 0.2) is 0 Å². The van der Waals surface area contributed by atoms with Gasteiger partial charge in [-0.05, 0) is 30.5 Å². The smallest absolute Gasteiger partial charge is 0.274 e. The number of hydrogen-bond donors (Lipinski definition) is 1. The van der Waals surface area contributed by atoms with Gasteiger partial charge in [-0.3, -0.25) is 14.6 Å². The second-order valence-corrected chi connectivity index (χ2v) is 9.15. The highest BCUT2D eigenvalue weighted by Gasteiger charge is 2.54. The molecule has 3 atom stereocenters. The summed E-state index contributed by atoms with van der Waals surface area (Å²) in [6.45, 7) is 0.296. The standard InChI is InChI=1S/C26H28N4O3/c31-17-23-25(20-10-8-19(9-11-20)7-6-18-4-2-1-3-5-18)22-15-29(16-24(32)30(22)23)26(33)21-14-27-12-13-28-21/h8-14,18,22-23,25,31H,1-5,15-17H2/t22-,23+,25-/m0/s1. The summed E-state index contributed by atoms with van der Waals surface area (Å²) in [5.74, 6) is 6.77. The monoisotopic (exact) mass is 444 g/mol. The Kier molecular flexibility index (Phi) is 6.10. The van der Waals surface area contributed by atoms with Crippen LogP contribution in [-0.4, -0.2) is 68.5 Å². The quantitative estimate of drug-likeness (QED) is 0.734. The van der Waals surface area contributed by atoms with E-state index >= 15 is 0 Å². The summed E-state index contributed by atoms with van der Waals surface area (Å²) in [5, 5.41) is 10.00. The number of carbonyl (C=O) groups excluding carboxylic acids is 2. The second-order valence-electron chi connectivity index (χ2n) is 9.15. The Balaban J connectivity index is 1.32. The Labute approximate surface area is 193 Å². The zero-order valence-electron chi connectivity index (χ0n) is 18.6. The minimum Gasteiger partial charge on any atom is -0.394 e. The highest BCUT2D eigenvalue weighted by atomic mass is 16.3. The summed E-state index contributed by atoms with van der Waals surface area (Å²) in [6.07, 6.45) is 10.7. The van der Waals surface area contributed by atoms with Crippen molar-refractivity contribution < 1.29 is 14.7 Å². The van der Waals surface area contributed by atoms with E-state index in [9.17, 15) is 14.7 Å². The van der Waals surface area contributed by atoms with Gasteiger partial charge in [0.2, 0.25) is 5.91 Å². The molecule has 7 nitrogen and oxygen atoms in total. The van der Waals surface area contributed by atoms with Crippen LogP contribution in [0.1, 0.15) is 59.6 Å². The highest BCUT2D eigenvalue weighted by Crippen LogP contribution is 2.43. The summed E-state index contributed by atoms with van der Waals surface area (Å²) in [7, 11) is 0. The third-order valence-electron chi connectivity index (χ3n) is 7.14. The lowest BCUT2D eigenvalue weighted by atomic mass is 9.73. The van der Waals surface area contributed by atoms with Crippen LogP contribution < -0.4 is 0 Å². The van der Waals surface area contributed by atoms with Crippen molar-refractivity contribution in [1.29, 1.82) is 0 Å². The lowest BCUT2D eigenvalue weighted by Crippen LogP contribution is -2.73. The average Bonchev–Trinajstić information content (AvgIpc) is 2.85. The number of aliphatic hydroxyl groups excluding tert-OH is 1. The molecule has 3 aliphatic rings. The predicted molar refractivity (Wildman–Crippen MR) is 122 cm³/mol. The van der Waals surface area contributed by atoms with Gasteiger partial charge in [0.1, 0.15) is 12.2 Å². The van der Waals surface area contributed by atoms with E-state index in [2.05, 4.69) is 21.8 Å². The highest BCUT2D eigenvalue weighted by molar-refractivity contribution is 5.96. The average molecular weight is 445 g/mol. The molecule has 1 N–H and O–H groups in total. The number of nitrogens with zero attached hydrogens (tertiary/aromatic N) is 4. The number of aromatic nitrogens is 2. The first kappa shape index (κ1) is 21.6. The van der Waals surface area contributed by atoms with Gasteiger partial charge >= 0.3 is 0 Å². The molecule has 3 fully saturated rings. The number of fused-ring (bicyclic) bond motifs is 1. The maximum absolute atomic E-state index is 12.9. The summed E-state index contributed by atoms with van der Waals surface area (Å²) in [4.78, 5) is 37.0. The van der Waals surface area contributed by atoms with Crippen LogP contribution in [-0.2, 0) is 4.79 Å². The third-order valence-corrected chi connectivity index (χ3v) is 7.14. The number of carbonyl (C=O) groups is 2. The van der Waals surface area contributed by atoms with Gasteiger partial charge in [0.05, 0.1) is 24.9 Å². The number of benzene rings is 1. The molecule has 0 bridgehead atoms. The lowest BCUT2D eigenvalue weighted by molar-refractivity contribution is -0.159. The van der Waals surface area contributed by atoms with E-state index in [1.165, 1.54) is 55.6 Å². The van der Waals surface area contributed by atoms with Crippen LogP contribution in [0, 0.1) is 17.8 Å². The zero-order valence-corrected chi connectivity index (χ0v) is 18.6. The minimum absolute atomic E-state index is 0.00911. The molecule has 1 saturated carbocycles. The van der Waals surface area contributed by atoms with Crippen molar-refractivity contribution in [2.75, 3.05) is 19.7 Å². The van der Waals surface area contributed by atoms with Crippen LogP contribution >= 0.6 is 0 Å². The maximum atomic E-state index is 12.9. The Hall–Kier alpha value is -3.24. The third kappa shape index (κ3) is 4.23. The fourth-order valence-corrected chi connectivity index (χ4v) is 5.45. The fourth-order valence-electron chi connectivity index (χ4n) is 5.45. The van der Waals surface area contributed by atoms with Crippen molar-refractivity contribution in [3.63, 3.8) is 0 Å². The Morgan fingerprint density at radius 2 is 1.91 bits per heavy atom. The largest absolute Gasteiger partial charge is 0.394 e. The normalized spacial score (nSPS) is 25.0. The molecule has 3 heterocycles. The number of hydrogen-bond acceptors (Lipinski definition) is 5. The molecule has 2 aliphatic heterocycles. The van der Waals surface area contributed by atoms with Gasteiger partial charge in [0, 0.05) is 36.3 Å². The summed E-state index contributed by atoms with van der Waals surface area (Å²) < 4.78 is 0. The number of aliphatic hydroxyl groups is 1. The molecular weight excluding hydrogens is 416 g/mol. The SMILES string of the molecule is O=C(c1cnccn1)N1CC(=O)N2[C@H](CO)[C@@H](c3ccc(C#CC4CCCCC4)cc3)[C@@H]2C1. The lowest BCUT2D eigenvalue weighted by Gasteiger charge is -2.58. The molecule has 1 aromatic heterocycles. The van der Waals surface area contributed by atoms with Crippen molar-refractivity contribution in [3.8, 4) is 11.8 Å². The summed E-state index contributed by atoms with van der Waals surface area (Å²) in [6, 6.07) is 7.70. The molecule has 0 radical (unpaired) electrons. The van der Waals surface area contributed by atoms with Gasteiger partial charge in [-0.1, -0.05) is 43.2 Å². The van der Waals surface area contributed by atoms with Crippen LogP contribution in [0.3, 0.4) is 0 Å². The molecule has 33 heavy (non-hydrogen) atoms. The van der Waals surface area contributed by atoms with E-state index in [-0.39, 0.29) is 48.7 Å². The predicted octanol–water partition coefficient (Wildman–Crippen LogP) is 2.22. The Morgan fingerprint density at radius 3 is 2.61 bits per heavy atom. The van der Waals surface area contributed by atoms with Crippen molar-refractivity contribution in [2.45, 2.75) is 50.1 Å². The van der Waals surface area contributed by atoms with Gasteiger partial charge in [-0.25, -0.2) is 4.98 Å². The van der Waals surface area contributed by atoms with E-state index < -0.39 is 0 Å². The van der Waals surface area contributed by atoms with E-state index in [1.807, 2.05) is 24.3 Å². The Morgan fingerprint density at radius 1 is 1.12 bits per heavy atom. The van der Waals surface area contributed by atoms with Crippen LogP contribution in [0.2, 0.25) is 0 Å². The summed E-state index contributed by atoms with van der Waals surface area (Å²) >= 11 is 0. The van der Waals surface area contributed by atoms with E-state index in [0.29, 0.717) is 12.5 Å². The summed E-state index contributed by atoms with van der Waals surface area (Å²) in [5.41, 5.74) is 2.27. The molecule has 5 rings (SSSR count). The van der Waals surface area contributed by atoms with Crippen LogP contribution in [0.5, 0.6) is 0 Å². The van der Waals surface area contributed by atoms with Crippen molar-refractivity contribution >= 4 is 11.8 Å². The topological polar surface area (TPSA) is 86.6 Å². The van der Waals surface area contributed by atoms with Crippen molar-refractivity contribution in [3.05, 3.63) is 59.7 Å². The van der Waals surface area contributed by atoms with Gasteiger partial charge < -0.3 is 14.9 Å². The molecule has 1 aromatic carbocycles. The first-order valence-corrected chi connectivity index (χ1v) is 11.7. The Bertz CT molecular complexity index is 1070. The van der Waals surface area contributed by atoms with E-state index in [4.69, 9.17) is 0 Å². The first-order valence-electron chi connectivity index (χ1n) is 11.7. The molecule has 7 heteroatoms. The molecule has 0 unspecified atom stereocenters. The molecule has 2 aromatic rings. The van der Waals surface area contributed by atoms with Gasteiger partial charge in [-0.15, -0.1) is 0 Å². The zero-order chi connectivity index (χ0) is 22.8. The minimum atomic E-state index is -0.296. The number of piperazine rings is 1. The first-order chi connectivity index (χ1) is 16.2. The molecule has 1 aliphatic carbocycles. The molecule has 2 saturated heterocycles. The number of amides is 2. The van der Waals surface area contributed by atoms with Crippen molar-refractivity contribution in [2.24, 2.45) is 5.92 Å². The van der Waals surface area contributed by atoms with E-state index in [0.717, 1.165) is 11.1 Å². The number of rotatable bonds is 3. The fraction of sp³-hybridized carbons (Fsp3) is 0.462. The molecular formula is C26H28N4O3.